The number of amides is 2. The van der Waals surface area contributed by atoms with Crippen LogP contribution < -0.4 is 10.6 Å². The summed E-state index contributed by atoms with van der Waals surface area (Å²) in [4.78, 5) is 11.6. The molecular weight excluding hydrogens is 316 g/mol. The Morgan fingerprint density at radius 1 is 1.26 bits per heavy atom. The van der Waals surface area contributed by atoms with E-state index in [0.717, 1.165) is 12.1 Å². The molecule has 0 spiro atoms. The summed E-state index contributed by atoms with van der Waals surface area (Å²) >= 11 is 0. The van der Waals surface area contributed by atoms with Gasteiger partial charge < -0.3 is 15.7 Å². The Hall–Kier alpha value is -1.83. The predicted octanol–water partition coefficient (Wildman–Crippen LogP) is 3.05. The van der Waals surface area contributed by atoms with Crippen molar-refractivity contribution < 1.29 is 27.5 Å². The number of benzene rings is 1. The summed E-state index contributed by atoms with van der Waals surface area (Å²) in [6, 6.07) is 1.68. The summed E-state index contributed by atoms with van der Waals surface area (Å²) in [5.41, 5.74) is -1.33. The molecule has 2 atom stereocenters. The summed E-state index contributed by atoms with van der Waals surface area (Å²) in [7, 11) is 0. The van der Waals surface area contributed by atoms with Crippen molar-refractivity contribution in [3.05, 3.63) is 35.1 Å². The summed E-state index contributed by atoms with van der Waals surface area (Å²) in [5, 5.41) is 14.0. The minimum atomic E-state index is -4.69. The second-order valence-electron chi connectivity index (χ2n) is 5.55. The van der Waals surface area contributed by atoms with Crippen LogP contribution in [0, 0.1) is 11.7 Å². The third-order valence-corrected chi connectivity index (χ3v) is 3.17. The molecular formula is C15H20F4N2O2. The lowest BCUT2D eigenvalue weighted by Gasteiger charge is -2.16. The van der Waals surface area contributed by atoms with Gasteiger partial charge in [0.25, 0.3) is 0 Å². The van der Waals surface area contributed by atoms with E-state index < -0.39 is 29.7 Å². The van der Waals surface area contributed by atoms with E-state index in [9.17, 15) is 27.5 Å². The van der Waals surface area contributed by atoms with Gasteiger partial charge in [0.2, 0.25) is 0 Å². The van der Waals surface area contributed by atoms with Crippen LogP contribution in [-0.4, -0.2) is 23.8 Å². The molecule has 2 unspecified atom stereocenters. The zero-order chi connectivity index (χ0) is 17.6. The fourth-order valence-corrected chi connectivity index (χ4v) is 2.14. The molecule has 130 valence electrons. The van der Waals surface area contributed by atoms with E-state index >= 15 is 0 Å². The quantitative estimate of drug-likeness (QED) is 0.699. The Morgan fingerprint density at radius 3 is 2.48 bits per heavy atom. The lowest BCUT2D eigenvalue weighted by Crippen LogP contribution is -2.38. The summed E-state index contributed by atoms with van der Waals surface area (Å²) in [6.45, 7) is 3.37. The number of alkyl halides is 3. The lowest BCUT2D eigenvalue weighted by molar-refractivity contribution is -0.138. The van der Waals surface area contributed by atoms with Crippen molar-refractivity contribution in [2.24, 2.45) is 5.92 Å². The van der Waals surface area contributed by atoms with Crippen LogP contribution in [0.15, 0.2) is 18.2 Å². The molecule has 1 rings (SSSR count). The highest BCUT2D eigenvalue weighted by Crippen LogP contribution is 2.32. The number of carbonyl (C=O) groups excluding carboxylic acids is 1. The van der Waals surface area contributed by atoms with Gasteiger partial charge in [-0.15, -0.1) is 0 Å². The molecule has 4 nitrogen and oxygen atoms in total. The number of hydrogen-bond donors (Lipinski definition) is 3. The fraction of sp³-hybridized carbons (Fsp3) is 0.533. The van der Waals surface area contributed by atoms with Crippen molar-refractivity contribution in [2.75, 3.05) is 6.54 Å². The smallest absolute Gasteiger partial charge is 0.393 e. The monoisotopic (exact) mass is 336 g/mol. The lowest BCUT2D eigenvalue weighted by atomic mass is 10.1. The minimum Gasteiger partial charge on any atom is -0.393 e. The first-order valence-electron chi connectivity index (χ1n) is 7.15. The molecule has 0 saturated heterocycles. The number of halogens is 4. The zero-order valence-corrected chi connectivity index (χ0v) is 12.9. The number of urea groups is 1. The number of rotatable bonds is 6. The Morgan fingerprint density at radius 2 is 1.91 bits per heavy atom. The maximum atomic E-state index is 13.0. The summed E-state index contributed by atoms with van der Waals surface area (Å²) in [6.07, 6.45) is -4.69. The van der Waals surface area contributed by atoms with Gasteiger partial charge in [-0.1, -0.05) is 13.0 Å². The number of carbonyl (C=O) groups is 1. The van der Waals surface area contributed by atoms with E-state index in [0.29, 0.717) is 12.5 Å². The zero-order valence-electron chi connectivity index (χ0n) is 12.9. The average molecular weight is 336 g/mol. The first-order valence-corrected chi connectivity index (χ1v) is 7.15. The second kappa shape index (κ2) is 8.14. The Kier molecular flexibility index (Phi) is 6.80. The van der Waals surface area contributed by atoms with Crippen molar-refractivity contribution in [3.63, 3.8) is 0 Å². The van der Waals surface area contributed by atoms with E-state index in [1.54, 1.807) is 6.92 Å². The molecule has 0 radical (unpaired) electrons. The van der Waals surface area contributed by atoms with Crippen LogP contribution in [0.3, 0.4) is 0 Å². The van der Waals surface area contributed by atoms with Gasteiger partial charge in [0.05, 0.1) is 11.7 Å². The number of aliphatic hydroxyl groups excluding tert-OH is 1. The molecule has 1 aromatic rings. The number of nitrogens with one attached hydrogen (secondary N) is 2. The third kappa shape index (κ3) is 6.85. The van der Waals surface area contributed by atoms with E-state index in [1.807, 2.05) is 6.92 Å². The molecule has 2 amide bonds. The molecule has 0 fully saturated rings. The van der Waals surface area contributed by atoms with Gasteiger partial charge >= 0.3 is 12.2 Å². The maximum absolute atomic E-state index is 13.0. The molecule has 0 saturated carbocycles. The highest BCUT2D eigenvalue weighted by Gasteiger charge is 2.33. The van der Waals surface area contributed by atoms with E-state index in [-0.39, 0.29) is 24.6 Å². The first kappa shape index (κ1) is 19.2. The third-order valence-electron chi connectivity index (χ3n) is 3.17. The van der Waals surface area contributed by atoms with Crippen LogP contribution in [0.2, 0.25) is 0 Å². The highest BCUT2D eigenvalue weighted by atomic mass is 19.4. The molecule has 3 N–H and O–H groups in total. The van der Waals surface area contributed by atoms with Crippen LogP contribution in [0.1, 0.15) is 31.4 Å². The molecule has 0 aliphatic carbocycles. The molecule has 0 aliphatic rings. The first-order chi connectivity index (χ1) is 10.6. The predicted molar refractivity (Wildman–Crippen MR) is 77.1 cm³/mol. The fourth-order valence-electron chi connectivity index (χ4n) is 2.14. The maximum Gasteiger partial charge on any atom is 0.416 e. The molecule has 23 heavy (non-hydrogen) atoms. The van der Waals surface area contributed by atoms with Gasteiger partial charge in [-0.3, -0.25) is 0 Å². The topological polar surface area (TPSA) is 61.4 Å². The molecule has 0 aromatic heterocycles. The van der Waals surface area contributed by atoms with Crippen LogP contribution >= 0.6 is 0 Å². The molecule has 1 aromatic carbocycles. The van der Waals surface area contributed by atoms with Crippen molar-refractivity contribution in [3.8, 4) is 0 Å². The van der Waals surface area contributed by atoms with Gasteiger partial charge in [0.15, 0.2) is 0 Å². The Labute approximate surface area is 131 Å². The van der Waals surface area contributed by atoms with Crippen LogP contribution in [0.25, 0.3) is 0 Å². The number of hydrogen-bond acceptors (Lipinski definition) is 2. The van der Waals surface area contributed by atoms with Crippen molar-refractivity contribution in [1.29, 1.82) is 0 Å². The van der Waals surface area contributed by atoms with Gasteiger partial charge in [-0.05, 0) is 37.0 Å². The van der Waals surface area contributed by atoms with E-state index in [4.69, 9.17) is 0 Å². The molecule has 0 bridgehead atoms. The standard InChI is InChI=1S/C15H20F4N2O2/c1-9(5-10(2)22)7-20-14(23)21-8-11-3-4-12(16)6-13(11)15(17,18)19/h3-4,6,9-10,22H,5,7-8H2,1-2H3,(H2,20,21,23). The normalized spacial score (nSPS) is 14.2. The largest absolute Gasteiger partial charge is 0.416 e. The van der Waals surface area contributed by atoms with Crippen molar-refractivity contribution in [2.45, 2.75) is 39.1 Å². The second-order valence-corrected chi connectivity index (χ2v) is 5.55. The summed E-state index contributed by atoms with van der Waals surface area (Å²) < 4.78 is 51.4. The molecule has 0 aliphatic heterocycles. The van der Waals surface area contributed by atoms with Crippen LogP contribution in [0.5, 0.6) is 0 Å². The summed E-state index contributed by atoms with van der Waals surface area (Å²) in [5.74, 6) is -0.963. The SMILES string of the molecule is CC(O)CC(C)CNC(=O)NCc1ccc(F)cc1C(F)(F)F. The highest BCUT2D eigenvalue weighted by molar-refractivity contribution is 5.73. The van der Waals surface area contributed by atoms with Crippen LogP contribution in [-0.2, 0) is 12.7 Å². The average Bonchev–Trinajstić information content (AvgIpc) is 2.42. The number of aliphatic hydroxyl groups is 1. The van der Waals surface area contributed by atoms with Gasteiger partial charge in [0.1, 0.15) is 5.82 Å². The minimum absolute atomic E-state index is 0.0253. The Bertz CT molecular complexity index is 533. The van der Waals surface area contributed by atoms with Crippen molar-refractivity contribution >= 4 is 6.03 Å². The van der Waals surface area contributed by atoms with E-state index in [2.05, 4.69) is 10.6 Å². The molecule has 8 heteroatoms. The van der Waals surface area contributed by atoms with Crippen molar-refractivity contribution in [1.82, 2.24) is 10.6 Å². The Balaban J connectivity index is 2.57. The van der Waals surface area contributed by atoms with E-state index in [1.165, 1.54) is 0 Å². The van der Waals surface area contributed by atoms with Crippen LogP contribution in [0.4, 0.5) is 22.4 Å². The van der Waals surface area contributed by atoms with Gasteiger partial charge in [0, 0.05) is 13.1 Å². The van der Waals surface area contributed by atoms with Gasteiger partial charge in [-0.2, -0.15) is 13.2 Å². The molecule has 0 heterocycles. The van der Waals surface area contributed by atoms with Gasteiger partial charge in [-0.25, -0.2) is 9.18 Å².